The van der Waals surface area contributed by atoms with Crippen LogP contribution in [0.2, 0.25) is 0 Å². The van der Waals surface area contributed by atoms with Gasteiger partial charge in [-0.3, -0.25) is 4.99 Å². The summed E-state index contributed by atoms with van der Waals surface area (Å²) in [5, 5.41) is 0. The van der Waals surface area contributed by atoms with E-state index >= 15 is 0 Å². The van der Waals surface area contributed by atoms with Crippen molar-refractivity contribution in [2.24, 2.45) is 4.99 Å². The molecule has 3 aromatic carbocycles. The van der Waals surface area contributed by atoms with Gasteiger partial charge in [0.15, 0.2) is 11.5 Å². The number of ether oxygens (including phenoxy) is 3. The summed E-state index contributed by atoms with van der Waals surface area (Å²) in [6.45, 7) is 3.11. The van der Waals surface area contributed by atoms with Gasteiger partial charge in [0.1, 0.15) is 12.4 Å². The largest absolute Gasteiger partial charge is 0.494 e. The molecule has 0 saturated heterocycles. The van der Waals surface area contributed by atoms with E-state index < -0.39 is 0 Å². The average Bonchev–Trinajstić information content (AvgIpc) is 2.73. The van der Waals surface area contributed by atoms with E-state index in [2.05, 4.69) is 27.6 Å². The first-order valence-corrected chi connectivity index (χ1v) is 10.1. The summed E-state index contributed by atoms with van der Waals surface area (Å²) < 4.78 is 18.0. The van der Waals surface area contributed by atoms with Gasteiger partial charge in [-0.1, -0.05) is 30.3 Å². The van der Waals surface area contributed by atoms with Crippen molar-refractivity contribution >= 4 is 34.5 Å². The van der Waals surface area contributed by atoms with Gasteiger partial charge in [-0.25, -0.2) is 0 Å². The van der Waals surface area contributed by atoms with E-state index in [1.165, 1.54) is 0 Å². The van der Waals surface area contributed by atoms with E-state index in [1.807, 2.05) is 79.9 Å². The van der Waals surface area contributed by atoms with Gasteiger partial charge in [0.05, 0.1) is 23.0 Å². The van der Waals surface area contributed by atoms with E-state index in [-0.39, 0.29) is 0 Å². The van der Waals surface area contributed by atoms with Crippen LogP contribution >= 0.6 is 22.6 Å². The fraction of sp³-hybridized carbons (Fsp3) is 0.174. The monoisotopic (exact) mass is 487 g/mol. The molecule has 144 valence electrons. The zero-order valence-corrected chi connectivity index (χ0v) is 18.0. The highest BCUT2D eigenvalue weighted by molar-refractivity contribution is 14.1. The van der Waals surface area contributed by atoms with Crippen LogP contribution in [0.5, 0.6) is 17.2 Å². The Balaban J connectivity index is 1.74. The van der Waals surface area contributed by atoms with Crippen LogP contribution in [0.25, 0.3) is 0 Å². The van der Waals surface area contributed by atoms with Crippen LogP contribution in [-0.2, 0) is 6.61 Å². The van der Waals surface area contributed by atoms with Crippen LogP contribution in [0.3, 0.4) is 0 Å². The number of hydrogen-bond donors (Lipinski definition) is 0. The number of rotatable bonds is 8. The lowest BCUT2D eigenvalue weighted by Crippen LogP contribution is -2.00. The molecule has 0 fully saturated rings. The Kier molecular flexibility index (Phi) is 7.31. The summed E-state index contributed by atoms with van der Waals surface area (Å²) in [5.41, 5.74) is 2.92. The molecule has 0 aliphatic carbocycles. The summed E-state index contributed by atoms with van der Waals surface area (Å²) in [4.78, 5) is 4.54. The van der Waals surface area contributed by atoms with Gasteiger partial charge in [-0.05, 0) is 77.0 Å². The smallest absolute Gasteiger partial charge is 0.174 e. The Labute approximate surface area is 179 Å². The predicted molar refractivity (Wildman–Crippen MR) is 121 cm³/mol. The van der Waals surface area contributed by atoms with Crippen molar-refractivity contribution in [3.05, 3.63) is 81.4 Å². The number of nitrogens with zero attached hydrogens (tertiary/aromatic N) is 1. The van der Waals surface area contributed by atoms with Gasteiger partial charge >= 0.3 is 0 Å². The lowest BCUT2D eigenvalue weighted by atomic mass is 10.2. The van der Waals surface area contributed by atoms with Crippen LogP contribution in [0.15, 0.2) is 71.7 Å². The molecule has 0 unspecified atom stereocenters. The number of halogens is 1. The van der Waals surface area contributed by atoms with Gasteiger partial charge in [0.25, 0.3) is 0 Å². The number of hydrogen-bond acceptors (Lipinski definition) is 4. The molecule has 0 aliphatic rings. The topological polar surface area (TPSA) is 40.0 Å². The molecule has 28 heavy (non-hydrogen) atoms. The Hall–Kier alpha value is -2.54. The molecular weight excluding hydrogens is 465 g/mol. The van der Waals surface area contributed by atoms with Crippen LogP contribution in [0.4, 0.5) is 5.69 Å². The molecular formula is C23H22INO3. The number of benzene rings is 3. The van der Waals surface area contributed by atoms with E-state index in [0.29, 0.717) is 19.0 Å². The summed E-state index contributed by atoms with van der Waals surface area (Å²) in [6.07, 6.45) is 1.82. The summed E-state index contributed by atoms with van der Waals surface area (Å²) >= 11 is 2.26. The van der Waals surface area contributed by atoms with Gasteiger partial charge in [0, 0.05) is 6.21 Å². The molecule has 0 aromatic heterocycles. The highest BCUT2D eigenvalue weighted by Crippen LogP contribution is 2.34. The third kappa shape index (κ3) is 5.48. The quantitative estimate of drug-likeness (QED) is 0.288. The maximum absolute atomic E-state index is 6.01. The van der Waals surface area contributed by atoms with Crippen molar-refractivity contribution < 1.29 is 14.2 Å². The van der Waals surface area contributed by atoms with Gasteiger partial charge < -0.3 is 14.2 Å². The van der Waals surface area contributed by atoms with Gasteiger partial charge in [-0.2, -0.15) is 0 Å². The Morgan fingerprint density at radius 1 is 0.964 bits per heavy atom. The molecule has 0 atom stereocenters. The van der Waals surface area contributed by atoms with Crippen LogP contribution in [0, 0.1) is 3.57 Å². The third-order valence-corrected chi connectivity index (χ3v) is 4.79. The van der Waals surface area contributed by atoms with Crippen molar-refractivity contribution in [3.8, 4) is 17.2 Å². The van der Waals surface area contributed by atoms with Gasteiger partial charge in [-0.15, -0.1) is 0 Å². The first-order valence-electron chi connectivity index (χ1n) is 9.00. The lowest BCUT2D eigenvalue weighted by molar-refractivity contribution is 0.282. The summed E-state index contributed by atoms with van der Waals surface area (Å²) in [6, 6.07) is 21.7. The van der Waals surface area contributed by atoms with Crippen molar-refractivity contribution in [2.45, 2.75) is 13.5 Å². The third-order valence-electron chi connectivity index (χ3n) is 3.99. The Morgan fingerprint density at radius 3 is 2.39 bits per heavy atom. The number of aliphatic imine (C=N–C) groups is 1. The first-order chi connectivity index (χ1) is 13.7. The second kappa shape index (κ2) is 10.1. The first kappa shape index (κ1) is 20.2. The highest BCUT2D eigenvalue weighted by atomic mass is 127. The van der Waals surface area contributed by atoms with E-state index in [4.69, 9.17) is 14.2 Å². The maximum atomic E-state index is 6.01. The SMILES string of the molecule is CCOc1ccc(N=Cc2cc(I)c(OCc3ccccc3)c(OC)c2)cc1. The normalized spacial score (nSPS) is 10.8. The Bertz CT molecular complexity index is 925. The van der Waals surface area contributed by atoms with E-state index in [1.54, 1.807) is 7.11 Å². The fourth-order valence-corrected chi connectivity index (χ4v) is 3.41. The Morgan fingerprint density at radius 2 is 1.71 bits per heavy atom. The molecule has 0 bridgehead atoms. The number of methoxy groups -OCH3 is 1. The summed E-state index contributed by atoms with van der Waals surface area (Å²) in [5.74, 6) is 2.28. The van der Waals surface area contributed by atoms with Crippen molar-refractivity contribution in [2.75, 3.05) is 13.7 Å². The molecule has 0 amide bonds. The minimum atomic E-state index is 0.493. The standard InChI is InChI=1S/C23H22INO3/c1-3-27-20-11-9-19(10-12-20)25-15-18-13-21(24)23(22(14-18)26-2)28-16-17-7-5-4-6-8-17/h4-15H,3,16H2,1-2H3. The minimum absolute atomic E-state index is 0.493. The van der Waals surface area contributed by atoms with Crippen LogP contribution in [-0.4, -0.2) is 19.9 Å². The zero-order chi connectivity index (χ0) is 19.8. The summed E-state index contributed by atoms with van der Waals surface area (Å²) in [7, 11) is 1.65. The average molecular weight is 487 g/mol. The van der Waals surface area contributed by atoms with E-state index in [9.17, 15) is 0 Å². The molecule has 0 heterocycles. The van der Waals surface area contributed by atoms with Crippen LogP contribution in [0.1, 0.15) is 18.1 Å². The van der Waals surface area contributed by atoms with Crippen molar-refractivity contribution in [1.82, 2.24) is 0 Å². The predicted octanol–water partition coefficient (Wildman–Crippen LogP) is 6.03. The van der Waals surface area contributed by atoms with E-state index in [0.717, 1.165) is 31.9 Å². The molecule has 3 rings (SSSR count). The van der Waals surface area contributed by atoms with Crippen molar-refractivity contribution in [1.29, 1.82) is 0 Å². The lowest BCUT2D eigenvalue weighted by Gasteiger charge is -2.13. The fourth-order valence-electron chi connectivity index (χ4n) is 2.63. The van der Waals surface area contributed by atoms with Gasteiger partial charge in [0.2, 0.25) is 0 Å². The van der Waals surface area contributed by atoms with Crippen molar-refractivity contribution in [3.63, 3.8) is 0 Å². The molecule has 3 aromatic rings. The zero-order valence-electron chi connectivity index (χ0n) is 15.9. The molecule has 0 radical (unpaired) electrons. The molecule has 0 spiro atoms. The molecule has 0 aliphatic heterocycles. The van der Waals surface area contributed by atoms with Crippen LogP contribution < -0.4 is 14.2 Å². The highest BCUT2D eigenvalue weighted by Gasteiger charge is 2.11. The minimum Gasteiger partial charge on any atom is -0.494 e. The second-order valence-electron chi connectivity index (χ2n) is 5.99. The second-order valence-corrected chi connectivity index (χ2v) is 7.16. The maximum Gasteiger partial charge on any atom is 0.174 e. The molecule has 0 saturated carbocycles. The molecule has 4 nitrogen and oxygen atoms in total. The molecule has 5 heteroatoms. The molecule has 0 N–H and O–H groups in total.